The third kappa shape index (κ3) is 3.64. The molecule has 0 spiro atoms. The highest BCUT2D eigenvalue weighted by Crippen LogP contribution is 2.19. The van der Waals surface area contributed by atoms with Gasteiger partial charge in [-0.1, -0.05) is 6.07 Å². The highest BCUT2D eigenvalue weighted by molar-refractivity contribution is 5.35. The summed E-state index contributed by atoms with van der Waals surface area (Å²) < 4.78 is 31.5. The molecular formula is C14H14F2N2O. The minimum atomic E-state index is -0.585. The Labute approximate surface area is 110 Å². The summed E-state index contributed by atoms with van der Waals surface area (Å²) in [5, 5.41) is 3.06. The first-order valence-electron chi connectivity index (χ1n) is 5.95. The first-order chi connectivity index (χ1) is 9.19. The molecule has 0 aliphatic rings. The minimum Gasteiger partial charge on any atom is -0.486 e. The topological polar surface area (TPSA) is 34.1 Å². The first-order valence-corrected chi connectivity index (χ1v) is 5.95. The Bertz CT molecular complexity index is 544. The van der Waals surface area contributed by atoms with Gasteiger partial charge < -0.3 is 10.1 Å². The smallest absolute Gasteiger partial charge is 0.165 e. The molecule has 1 N–H and O–H groups in total. The Balaban J connectivity index is 2.00. The van der Waals surface area contributed by atoms with Crippen LogP contribution in [0.25, 0.3) is 0 Å². The maximum atomic E-state index is 13.3. The van der Waals surface area contributed by atoms with Crippen molar-refractivity contribution in [2.75, 3.05) is 11.9 Å². The lowest BCUT2D eigenvalue weighted by Gasteiger charge is -2.08. The van der Waals surface area contributed by atoms with E-state index in [1.54, 1.807) is 6.20 Å². The molecule has 100 valence electrons. The number of hydrogen-bond donors (Lipinski definition) is 1. The standard InChI is InChI=1S/C14H14F2N2O/c1-2-17-14-6-3-10(8-18-14)9-19-13-7-11(15)4-5-12(13)16/h3-8H,2,9H2,1H3,(H,17,18). The Morgan fingerprint density at radius 1 is 1.21 bits per heavy atom. The number of hydrogen-bond acceptors (Lipinski definition) is 3. The summed E-state index contributed by atoms with van der Waals surface area (Å²) in [7, 11) is 0. The van der Waals surface area contributed by atoms with E-state index in [0.717, 1.165) is 36.1 Å². The van der Waals surface area contributed by atoms with Crippen molar-refractivity contribution in [1.82, 2.24) is 4.98 Å². The van der Waals surface area contributed by atoms with Crippen LogP contribution in [-0.2, 0) is 6.61 Å². The lowest BCUT2D eigenvalue weighted by atomic mass is 10.3. The van der Waals surface area contributed by atoms with Crippen molar-refractivity contribution in [3.8, 4) is 5.75 Å². The van der Waals surface area contributed by atoms with Gasteiger partial charge in [0.25, 0.3) is 0 Å². The molecule has 0 aliphatic carbocycles. The van der Waals surface area contributed by atoms with Crippen molar-refractivity contribution in [3.05, 3.63) is 53.7 Å². The molecule has 0 fully saturated rings. The van der Waals surface area contributed by atoms with Gasteiger partial charge in [0.05, 0.1) is 0 Å². The maximum Gasteiger partial charge on any atom is 0.165 e. The number of nitrogens with one attached hydrogen (secondary N) is 1. The van der Waals surface area contributed by atoms with Crippen LogP contribution in [-0.4, -0.2) is 11.5 Å². The van der Waals surface area contributed by atoms with Gasteiger partial charge in [-0.2, -0.15) is 0 Å². The van der Waals surface area contributed by atoms with Crippen molar-refractivity contribution in [3.63, 3.8) is 0 Å². The second-order valence-corrected chi connectivity index (χ2v) is 3.95. The van der Waals surface area contributed by atoms with Crippen molar-refractivity contribution >= 4 is 5.82 Å². The fourth-order valence-corrected chi connectivity index (χ4v) is 1.54. The Morgan fingerprint density at radius 3 is 2.74 bits per heavy atom. The Morgan fingerprint density at radius 2 is 2.05 bits per heavy atom. The van der Waals surface area contributed by atoms with Crippen molar-refractivity contribution in [2.24, 2.45) is 0 Å². The summed E-state index contributed by atoms with van der Waals surface area (Å²) in [6.45, 7) is 2.91. The molecule has 0 radical (unpaired) electrons. The van der Waals surface area contributed by atoms with Gasteiger partial charge in [0, 0.05) is 24.4 Å². The van der Waals surface area contributed by atoms with Crippen LogP contribution in [0.15, 0.2) is 36.5 Å². The maximum absolute atomic E-state index is 13.3. The third-order valence-corrected chi connectivity index (χ3v) is 2.47. The average molecular weight is 264 g/mol. The normalized spacial score (nSPS) is 10.3. The Hall–Kier alpha value is -2.17. The summed E-state index contributed by atoms with van der Waals surface area (Å²) in [6.07, 6.45) is 1.63. The van der Waals surface area contributed by atoms with Crippen LogP contribution in [0.1, 0.15) is 12.5 Å². The van der Waals surface area contributed by atoms with Crippen LogP contribution in [0.2, 0.25) is 0 Å². The van der Waals surface area contributed by atoms with E-state index in [1.165, 1.54) is 0 Å². The fourth-order valence-electron chi connectivity index (χ4n) is 1.54. The largest absolute Gasteiger partial charge is 0.486 e. The zero-order chi connectivity index (χ0) is 13.7. The van der Waals surface area contributed by atoms with Crippen LogP contribution >= 0.6 is 0 Å². The molecule has 5 heteroatoms. The molecule has 0 saturated heterocycles. The van der Waals surface area contributed by atoms with Gasteiger partial charge in [-0.3, -0.25) is 0 Å². The van der Waals surface area contributed by atoms with Crippen molar-refractivity contribution in [2.45, 2.75) is 13.5 Å². The van der Waals surface area contributed by atoms with Crippen molar-refractivity contribution in [1.29, 1.82) is 0 Å². The Kier molecular flexibility index (Phi) is 4.28. The molecule has 0 unspecified atom stereocenters. The molecule has 1 aromatic carbocycles. The molecule has 1 heterocycles. The van der Waals surface area contributed by atoms with Gasteiger partial charge in [0.1, 0.15) is 18.2 Å². The molecule has 1 aromatic heterocycles. The minimum absolute atomic E-state index is 0.101. The van der Waals surface area contributed by atoms with Gasteiger partial charge in [-0.05, 0) is 25.1 Å². The van der Waals surface area contributed by atoms with Crippen LogP contribution < -0.4 is 10.1 Å². The lowest BCUT2D eigenvalue weighted by molar-refractivity contribution is 0.288. The molecule has 0 saturated carbocycles. The summed E-state index contributed by atoms with van der Waals surface area (Å²) in [6, 6.07) is 6.74. The number of benzene rings is 1. The highest BCUT2D eigenvalue weighted by atomic mass is 19.1. The summed E-state index contributed by atoms with van der Waals surface area (Å²) in [4.78, 5) is 4.16. The zero-order valence-electron chi connectivity index (χ0n) is 10.5. The highest BCUT2D eigenvalue weighted by Gasteiger charge is 2.05. The van der Waals surface area contributed by atoms with Gasteiger partial charge in [0.15, 0.2) is 11.6 Å². The van der Waals surface area contributed by atoms with E-state index in [2.05, 4.69) is 10.3 Å². The molecule has 0 amide bonds. The molecule has 3 nitrogen and oxygen atoms in total. The first kappa shape index (κ1) is 13.3. The molecule has 0 bridgehead atoms. The third-order valence-electron chi connectivity index (χ3n) is 2.47. The SMILES string of the molecule is CCNc1ccc(COc2cc(F)ccc2F)cn1. The number of pyridine rings is 1. The van der Waals surface area contributed by atoms with Gasteiger partial charge in [-0.15, -0.1) is 0 Å². The number of ether oxygens (including phenoxy) is 1. The van der Waals surface area contributed by atoms with Crippen LogP contribution in [0, 0.1) is 11.6 Å². The predicted molar refractivity (Wildman–Crippen MR) is 69.1 cm³/mol. The summed E-state index contributed by atoms with van der Waals surface area (Å²) in [5.74, 6) is -0.449. The van der Waals surface area contributed by atoms with E-state index in [9.17, 15) is 8.78 Å². The number of rotatable bonds is 5. The van der Waals surface area contributed by atoms with E-state index in [4.69, 9.17) is 4.74 Å². The number of halogens is 2. The second kappa shape index (κ2) is 6.13. The zero-order valence-corrected chi connectivity index (χ0v) is 10.5. The molecule has 19 heavy (non-hydrogen) atoms. The summed E-state index contributed by atoms with van der Waals surface area (Å²) in [5.41, 5.74) is 0.783. The van der Waals surface area contributed by atoms with E-state index < -0.39 is 11.6 Å². The van der Waals surface area contributed by atoms with Crippen LogP contribution in [0.3, 0.4) is 0 Å². The number of anilines is 1. The van der Waals surface area contributed by atoms with Crippen LogP contribution in [0.5, 0.6) is 5.75 Å². The number of aromatic nitrogens is 1. The van der Waals surface area contributed by atoms with E-state index in [0.29, 0.717) is 0 Å². The van der Waals surface area contributed by atoms with E-state index in [-0.39, 0.29) is 12.4 Å². The van der Waals surface area contributed by atoms with Gasteiger partial charge in [-0.25, -0.2) is 13.8 Å². The summed E-state index contributed by atoms with van der Waals surface area (Å²) >= 11 is 0. The molecule has 0 atom stereocenters. The quantitative estimate of drug-likeness (QED) is 0.899. The lowest BCUT2D eigenvalue weighted by Crippen LogP contribution is -2.01. The predicted octanol–water partition coefficient (Wildman–Crippen LogP) is 3.37. The van der Waals surface area contributed by atoms with Gasteiger partial charge >= 0.3 is 0 Å². The van der Waals surface area contributed by atoms with Gasteiger partial charge in [0.2, 0.25) is 0 Å². The monoisotopic (exact) mass is 264 g/mol. The van der Waals surface area contributed by atoms with E-state index >= 15 is 0 Å². The fraction of sp³-hybridized carbons (Fsp3) is 0.214. The number of nitrogens with zero attached hydrogens (tertiary/aromatic N) is 1. The molecule has 2 rings (SSSR count). The average Bonchev–Trinajstić information content (AvgIpc) is 2.42. The molecule has 2 aromatic rings. The second-order valence-electron chi connectivity index (χ2n) is 3.95. The van der Waals surface area contributed by atoms with Crippen molar-refractivity contribution < 1.29 is 13.5 Å². The van der Waals surface area contributed by atoms with E-state index in [1.807, 2.05) is 19.1 Å². The molecular weight excluding hydrogens is 250 g/mol. The van der Waals surface area contributed by atoms with Crippen LogP contribution in [0.4, 0.5) is 14.6 Å². The molecule has 0 aliphatic heterocycles.